The van der Waals surface area contributed by atoms with Gasteiger partial charge in [-0.2, -0.15) is 5.10 Å². The van der Waals surface area contributed by atoms with Crippen molar-refractivity contribution in [2.75, 3.05) is 0 Å². The summed E-state index contributed by atoms with van der Waals surface area (Å²) in [5.41, 5.74) is 2.15. The lowest BCUT2D eigenvalue weighted by Crippen LogP contribution is -2.00. The minimum absolute atomic E-state index is 0.494. The number of halogens is 1. The fourth-order valence-corrected chi connectivity index (χ4v) is 2.79. The lowest BCUT2D eigenvalue weighted by molar-refractivity contribution is 0.299. The highest BCUT2D eigenvalue weighted by atomic mass is 127. The van der Waals surface area contributed by atoms with Gasteiger partial charge in [0.2, 0.25) is 0 Å². The maximum atomic E-state index is 5.91. The summed E-state index contributed by atoms with van der Waals surface area (Å²) in [7, 11) is 0. The molecule has 0 aliphatic carbocycles. The summed E-state index contributed by atoms with van der Waals surface area (Å²) in [5.74, 6) is 0.906. The fourth-order valence-electron chi connectivity index (χ4n) is 2.25. The molecule has 3 rings (SSSR count). The Morgan fingerprint density at radius 2 is 1.85 bits per heavy atom. The van der Waals surface area contributed by atoms with Gasteiger partial charge in [0.25, 0.3) is 0 Å². The quantitative estimate of drug-likeness (QED) is 0.635. The van der Waals surface area contributed by atoms with Crippen LogP contribution in [0.3, 0.4) is 0 Å². The molecular weight excluding hydrogens is 363 g/mol. The van der Waals surface area contributed by atoms with Crippen LogP contribution in [0.1, 0.15) is 12.6 Å². The Labute approximate surface area is 131 Å². The van der Waals surface area contributed by atoms with E-state index in [4.69, 9.17) is 4.74 Å². The van der Waals surface area contributed by atoms with E-state index in [1.54, 1.807) is 0 Å². The highest BCUT2D eigenvalue weighted by Gasteiger charge is 2.10. The second-order valence-corrected chi connectivity index (χ2v) is 5.66. The summed E-state index contributed by atoms with van der Waals surface area (Å²) < 4.78 is 9.04. The molecular formula is C16H15IN2O. The number of para-hydroxylation sites is 2. The molecule has 0 unspecified atom stereocenters. The molecule has 0 spiro atoms. The van der Waals surface area contributed by atoms with Crippen molar-refractivity contribution in [1.82, 2.24) is 9.78 Å². The minimum Gasteiger partial charge on any atom is -0.486 e. The van der Waals surface area contributed by atoms with Crippen molar-refractivity contribution in [2.45, 2.75) is 20.1 Å². The van der Waals surface area contributed by atoms with Crippen LogP contribution in [0.2, 0.25) is 0 Å². The molecule has 0 atom stereocenters. The third-order valence-electron chi connectivity index (χ3n) is 3.24. The summed E-state index contributed by atoms with van der Waals surface area (Å²) in [4.78, 5) is 0. The maximum absolute atomic E-state index is 5.91. The summed E-state index contributed by atoms with van der Waals surface area (Å²) in [5, 5.41) is 5.81. The molecule has 0 amide bonds. The van der Waals surface area contributed by atoms with Crippen LogP contribution < -0.4 is 4.74 Å². The Kier molecular flexibility index (Phi) is 3.91. The molecule has 4 heteroatoms. The molecule has 1 heterocycles. The average Bonchev–Trinajstić information content (AvgIpc) is 2.85. The van der Waals surface area contributed by atoms with Crippen LogP contribution in [0, 0.1) is 3.57 Å². The summed E-state index contributed by atoms with van der Waals surface area (Å²) in [6.45, 7) is 3.46. The molecule has 0 N–H and O–H groups in total. The first-order chi connectivity index (χ1) is 9.79. The third-order valence-corrected chi connectivity index (χ3v) is 4.13. The first-order valence-electron chi connectivity index (χ1n) is 6.61. The molecule has 3 aromatic rings. The van der Waals surface area contributed by atoms with Crippen molar-refractivity contribution >= 4 is 33.5 Å². The van der Waals surface area contributed by atoms with E-state index in [0.29, 0.717) is 6.61 Å². The highest BCUT2D eigenvalue weighted by molar-refractivity contribution is 14.1. The van der Waals surface area contributed by atoms with E-state index in [0.717, 1.165) is 27.1 Å². The number of fused-ring (bicyclic) bond motifs is 1. The van der Waals surface area contributed by atoms with Gasteiger partial charge in [-0.25, -0.2) is 0 Å². The monoisotopic (exact) mass is 378 g/mol. The van der Waals surface area contributed by atoms with Crippen LogP contribution in [0.5, 0.6) is 5.75 Å². The van der Waals surface area contributed by atoms with E-state index in [1.807, 2.05) is 41.1 Å². The van der Waals surface area contributed by atoms with Gasteiger partial charge in [-0.1, -0.05) is 30.3 Å². The number of nitrogens with zero attached hydrogens (tertiary/aromatic N) is 2. The molecule has 20 heavy (non-hydrogen) atoms. The van der Waals surface area contributed by atoms with E-state index < -0.39 is 0 Å². The lowest BCUT2D eigenvalue weighted by atomic mass is 10.2. The molecule has 0 fully saturated rings. The van der Waals surface area contributed by atoms with Crippen molar-refractivity contribution in [3.63, 3.8) is 0 Å². The van der Waals surface area contributed by atoms with Crippen molar-refractivity contribution in [3.8, 4) is 5.75 Å². The maximum Gasteiger partial charge on any atom is 0.133 e. The molecule has 102 valence electrons. The Hall–Kier alpha value is -1.56. The molecule has 2 aromatic carbocycles. The van der Waals surface area contributed by atoms with Crippen molar-refractivity contribution in [1.29, 1.82) is 0 Å². The zero-order chi connectivity index (χ0) is 13.9. The van der Waals surface area contributed by atoms with E-state index in [9.17, 15) is 0 Å². The smallest absolute Gasteiger partial charge is 0.133 e. The van der Waals surface area contributed by atoms with Crippen molar-refractivity contribution in [2.24, 2.45) is 0 Å². The van der Waals surface area contributed by atoms with Crippen LogP contribution >= 0.6 is 22.6 Å². The van der Waals surface area contributed by atoms with E-state index in [-0.39, 0.29) is 0 Å². The van der Waals surface area contributed by atoms with Crippen LogP contribution in [0.4, 0.5) is 0 Å². The van der Waals surface area contributed by atoms with Gasteiger partial charge < -0.3 is 4.74 Å². The van der Waals surface area contributed by atoms with Gasteiger partial charge in [-0.05, 0) is 47.7 Å². The number of rotatable bonds is 4. The van der Waals surface area contributed by atoms with Gasteiger partial charge in [-0.15, -0.1) is 0 Å². The first-order valence-corrected chi connectivity index (χ1v) is 7.69. The van der Waals surface area contributed by atoms with Gasteiger partial charge in [0.05, 0.1) is 9.09 Å². The Bertz CT molecular complexity index is 736. The molecule has 0 saturated heterocycles. The Balaban J connectivity index is 1.90. The van der Waals surface area contributed by atoms with Crippen LogP contribution in [0.15, 0.2) is 48.5 Å². The van der Waals surface area contributed by atoms with Crippen LogP contribution in [0.25, 0.3) is 10.9 Å². The van der Waals surface area contributed by atoms with Gasteiger partial charge in [0.1, 0.15) is 18.1 Å². The molecule has 0 aliphatic rings. The van der Waals surface area contributed by atoms with Gasteiger partial charge in [0, 0.05) is 11.9 Å². The number of benzene rings is 2. The minimum atomic E-state index is 0.494. The predicted molar refractivity (Wildman–Crippen MR) is 88.9 cm³/mol. The summed E-state index contributed by atoms with van der Waals surface area (Å²) in [6, 6.07) is 16.3. The molecule has 0 bridgehead atoms. The van der Waals surface area contributed by atoms with Crippen LogP contribution in [-0.2, 0) is 13.2 Å². The number of aryl methyl sites for hydroxylation is 1. The average molecular weight is 378 g/mol. The third kappa shape index (κ3) is 2.52. The number of ether oxygens (including phenoxy) is 1. The molecule has 0 aliphatic heterocycles. The van der Waals surface area contributed by atoms with E-state index in [1.165, 1.54) is 5.39 Å². The Morgan fingerprint density at radius 1 is 1.10 bits per heavy atom. The van der Waals surface area contributed by atoms with E-state index >= 15 is 0 Å². The van der Waals surface area contributed by atoms with Gasteiger partial charge >= 0.3 is 0 Å². The fraction of sp³-hybridized carbons (Fsp3) is 0.188. The number of hydrogen-bond acceptors (Lipinski definition) is 2. The van der Waals surface area contributed by atoms with E-state index in [2.05, 4.69) is 46.7 Å². The second-order valence-electron chi connectivity index (χ2n) is 4.50. The largest absolute Gasteiger partial charge is 0.486 e. The molecule has 1 aromatic heterocycles. The standard InChI is InChI=1S/C16H15IN2O/c1-2-19-15-9-5-3-7-12(15)14(18-19)11-20-16-10-6-4-8-13(16)17/h3-10H,2,11H2,1H3. The number of aromatic nitrogens is 2. The molecule has 3 nitrogen and oxygen atoms in total. The predicted octanol–water partition coefficient (Wildman–Crippen LogP) is 4.24. The number of hydrogen-bond donors (Lipinski definition) is 0. The van der Waals surface area contributed by atoms with Gasteiger partial charge in [0.15, 0.2) is 0 Å². The SMILES string of the molecule is CCn1nc(COc2ccccc2I)c2ccccc21. The van der Waals surface area contributed by atoms with Crippen molar-refractivity contribution in [3.05, 3.63) is 57.8 Å². The topological polar surface area (TPSA) is 27.1 Å². The lowest BCUT2D eigenvalue weighted by Gasteiger charge is -2.06. The Morgan fingerprint density at radius 3 is 2.65 bits per heavy atom. The summed E-state index contributed by atoms with van der Waals surface area (Å²) in [6.07, 6.45) is 0. The van der Waals surface area contributed by atoms with Crippen LogP contribution in [-0.4, -0.2) is 9.78 Å². The second kappa shape index (κ2) is 5.83. The molecule has 0 radical (unpaired) electrons. The summed E-state index contributed by atoms with van der Waals surface area (Å²) >= 11 is 2.28. The zero-order valence-corrected chi connectivity index (χ0v) is 13.4. The highest BCUT2D eigenvalue weighted by Crippen LogP contribution is 2.23. The first kappa shape index (κ1) is 13.4. The van der Waals surface area contributed by atoms with Crippen molar-refractivity contribution < 1.29 is 4.74 Å². The normalized spacial score (nSPS) is 10.9. The zero-order valence-electron chi connectivity index (χ0n) is 11.2. The van der Waals surface area contributed by atoms with Gasteiger partial charge in [-0.3, -0.25) is 4.68 Å². The molecule has 0 saturated carbocycles.